The molecule has 2 aliphatic heterocycles. The van der Waals surface area contributed by atoms with Crippen LogP contribution < -0.4 is 4.90 Å². The molecular weight excluding hydrogens is 174 g/mol. The van der Waals surface area contributed by atoms with Crippen LogP contribution in [0.4, 0.5) is 5.69 Å². The molecule has 3 rings (SSSR count). The fourth-order valence-electron chi connectivity index (χ4n) is 3.00. The van der Waals surface area contributed by atoms with Crippen molar-refractivity contribution in [2.45, 2.75) is 24.8 Å². The molecule has 1 aromatic rings. The Morgan fingerprint density at radius 1 is 1.36 bits per heavy atom. The summed E-state index contributed by atoms with van der Waals surface area (Å²) in [4.78, 5) is 2.47. The van der Waals surface area contributed by atoms with Crippen LogP contribution in [0.3, 0.4) is 0 Å². The summed E-state index contributed by atoms with van der Waals surface area (Å²) in [7, 11) is 0. The highest BCUT2D eigenvalue weighted by Crippen LogP contribution is 2.44. The molecule has 1 saturated heterocycles. The van der Waals surface area contributed by atoms with Crippen LogP contribution in [0.15, 0.2) is 24.3 Å². The van der Waals surface area contributed by atoms with Gasteiger partial charge in [-0.25, -0.2) is 0 Å². The molecule has 0 aliphatic carbocycles. The van der Waals surface area contributed by atoms with Crippen molar-refractivity contribution in [1.82, 2.24) is 0 Å². The van der Waals surface area contributed by atoms with Gasteiger partial charge in [-0.2, -0.15) is 0 Å². The smallest absolute Gasteiger partial charge is 0.0520 e. The van der Waals surface area contributed by atoms with E-state index in [2.05, 4.69) is 29.2 Å². The number of nitrogens with zero attached hydrogens (tertiary/aromatic N) is 1. The van der Waals surface area contributed by atoms with Crippen LogP contribution in [0, 0.1) is 0 Å². The number of benzene rings is 1. The fraction of sp³-hybridized carbons (Fsp3) is 0.500. The standard InChI is InChI=1S/C12H15NO/c14-8-10-9-4-1-2-5-11(9)13-7-3-6-12(10)13/h1-2,4-5,10,12,14H,3,6-8H2. The summed E-state index contributed by atoms with van der Waals surface area (Å²) in [5, 5.41) is 9.43. The third-order valence-corrected chi connectivity index (χ3v) is 3.61. The highest BCUT2D eigenvalue weighted by Gasteiger charge is 2.40. The Hall–Kier alpha value is -1.02. The van der Waals surface area contributed by atoms with E-state index in [0.29, 0.717) is 12.0 Å². The second-order valence-electron chi connectivity index (χ2n) is 4.25. The van der Waals surface area contributed by atoms with Gasteiger partial charge in [0.1, 0.15) is 0 Å². The van der Waals surface area contributed by atoms with Gasteiger partial charge in [0.25, 0.3) is 0 Å². The molecule has 1 aromatic carbocycles. The van der Waals surface area contributed by atoms with Gasteiger partial charge in [0.2, 0.25) is 0 Å². The van der Waals surface area contributed by atoms with Crippen molar-refractivity contribution in [3.05, 3.63) is 29.8 Å². The summed E-state index contributed by atoms with van der Waals surface area (Å²) in [6, 6.07) is 9.08. The van der Waals surface area contributed by atoms with Gasteiger partial charge in [0.15, 0.2) is 0 Å². The minimum absolute atomic E-state index is 0.290. The first-order chi connectivity index (χ1) is 6.92. The number of rotatable bonds is 1. The second-order valence-corrected chi connectivity index (χ2v) is 4.25. The highest BCUT2D eigenvalue weighted by molar-refractivity contribution is 5.62. The van der Waals surface area contributed by atoms with E-state index in [-0.39, 0.29) is 6.61 Å². The number of fused-ring (bicyclic) bond motifs is 3. The van der Waals surface area contributed by atoms with Crippen LogP contribution in [0.1, 0.15) is 24.3 Å². The Balaban J connectivity index is 2.09. The topological polar surface area (TPSA) is 23.5 Å². The Morgan fingerprint density at radius 3 is 3.07 bits per heavy atom. The molecule has 0 spiro atoms. The van der Waals surface area contributed by atoms with Crippen molar-refractivity contribution >= 4 is 5.69 Å². The molecule has 2 unspecified atom stereocenters. The first-order valence-corrected chi connectivity index (χ1v) is 5.38. The van der Waals surface area contributed by atoms with Gasteiger partial charge < -0.3 is 10.0 Å². The Bertz CT molecular complexity index is 335. The van der Waals surface area contributed by atoms with Crippen molar-refractivity contribution in [1.29, 1.82) is 0 Å². The second kappa shape index (κ2) is 2.99. The summed E-state index contributed by atoms with van der Waals surface area (Å²) in [6.07, 6.45) is 2.51. The van der Waals surface area contributed by atoms with Gasteiger partial charge in [-0.3, -0.25) is 0 Å². The van der Waals surface area contributed by atoms with Gasteiger partial charge in [-0.05, 0) is 24.5 Å². The molecule has 0 aromatic heterocycles. The third kappa shape index (κ3) is 0.947. The molecule has 0 radical (unpaired) electrons. The average molecular weight is 189 g/mol. The molecule has 2 heterocycles. The molecule has 1 fully saturated rings. The molecule has 2 heteroatoms. The van der Waals surface area contributed by atoms with Crippen molar-refractivity contribution in [3.63, 3.8) is 0 Å². The van der Waals surface area contributed by atoms with Crippen LogP contribution in [0.5, 0.6) is 0 Å². The number of hydrogen-bond donors (Lipinski definition) is 1. The largest absolute Gasteiger partial charge is 0.396 e. The first kappa shape index (κ1) is 8.30. The Morgan fingerprint density at radius 2 is 2.21 bits per heavy atom. The number of aliphatic hydroxyl groups is 1. The van der Waals surface area contributed by atoms with Crippen LogP contribution in [-0.4, -0.2) is 24.3 Å². The summed E-state index contributed by atoms with van der Waals surface area (Å²) in [5.74, 6) is 0.355. The van der Waals surface area contributed by atoms with Gasteiger partial charge in [0, 0.05) is 24.2 Å². The number of anilines is 1. The average Bonchev–Trinajstić information content (AvgIpc) is 2.77. The predicted octanol–water partition coefficient (Wildman–Crippen LogP) is 1.74. The van der Waals surface area contributed by atoms with Crippen molar-refractivity contribution in [2.75, 3.05) is 18.1 Å². The molecule has 0 amide bonds. The van der Waals surface area contributed by atoms with Crippen LogP contribution in [-0.2, 0) is 0 Å². The number of para-hydroxylation sites is 1. The van der Waals surface area contributed by atoms with E-state index in [1.165, 1.54) is 24.1 Å². The van der Waals surface area contributed by atoms with Gasteiger partial charge >= 0.3 is 0 Å². The van der Waals surface area contributed by atoms with E-state index in [0.717, 1.165) is 6.54 Å². The lowest BCUT2D eigenvalue weighted by molar-refractivity contribution is 0.254. The van der Waals surface area contributed by atoms with Gasteiger partial charge in [-0.15, -0.1) is 0 Å². The molecule has 2 nitrogen and oxygen atoms in total. The maximum atomic E-state index is 9.43. The summed E-state index contributed by atoms with van der Waals surface area (Å²) < 4.78 is 0. The van der Waals surface area contributed by atoms with Crippen LogP contribution in [0.2, 0.25) is 0 Å². The lowest BCUT2D eigenvalue weighted by Gasteiger charge is -2.21. The van der Waals surface area contributed by atoms with E-state index in [1.807, 2.05) is 0 Å². The molecule has 0 saturated carbocycles. The summed E-state index contributed by atoms with van der Waals surface area (Å²) in [5.41, 5.74) is 2.70. The lowest BCUT2D eigenvalue weighted by Crippen LogP contribution is -2.28. The minimum Gasteiger partial charge on any atom is -0.396 e. The summed E-state index contributed by atoms with van der Waals surface area (Å²) >= 11 is 0. The predicted molar refractivity (Wildman–Crippen MR) is 56.6 cm³/mol. The summed E-state index contributed by atoms with van der Waals surface area (Å²) in [6.45, 7) is 1.45. The van der Waals surface area contributed by atoms with E-state index < -0.39 is 0 Å². The van der Waals surface area contributed by atoms with E-state index in [4.69, 9.17) is 0 Å². The zero-order chi connectivity index (χ0) is 9.54. The maximum Gasteiger partial charge on any atom is 0.0520 e. The lowest BCUT2D eigenvalue weighted by atomic mass is 9.94. The van der Waals surface area contributed by atoms with Crippen LogP contribution >= 0.6 is 0 Å². The van der Waals surface area contributed by atoms with Crippen LogP contribution in [0.25, 0.3) is 0 Å². The van der Waals surface area contributed by atoms with E-state index >= 15 is 0 Å². The molecule has 14 heavy (non-hydrogen) atoms. The fourth-order valence-corrected chi connectivity index (χ4v) is 3.00. The number of aliphatic hydroxyl groups excluding tert-OH is 1. The zero-order valence-corrected chi connectivity index (χ0v) is 8.19. The molecule has 2 aliphatic rings. The van der Waals surface area contributed by atoms with Crippen molar-refractivity contribution in [3.8, 4) is 0 Å². The SMILES string of the molecule is OCC1c2ccccc2N2CCCC12. The monoisotopic (exact) mass is 189 g/mol. The normalized spacial score (nSPS) is 29.1. The van der Waals surface area contributed by atoms with Gasteiger partial charge in [-0.1, -0.05) is 18.2 Å². The molecule has 1 N–H and O–H groups in total. The zero-order valence-electron chi connectivity index (χ0n) is 8.19. The Kier molecular flexibility index (Phi) is 1.77. The van der Waals surface area contributed by atoms with E-state index in [1.54, 1.807) is 0 Å². The van der Waals surface area contributed by atoms with Gasteiger partial charge in [0.05, 0.1) is 6.61 Å². The molecule has 74 valence electrons. The third-order valence-electron chi connectivity index (χ3n) is 3.61. The van der Waals surface area contributed by atoms with Crippen molar-refractivity contribution < 1.29 is 5.11 Å². The van der Waals surface area contributed by atoms with Crippen molar-refractivity contribution in [2.24, 2.45) is 0 Å². The van der Waals surface area contributed by atoms with E-state index in [9.17, 15) is 5.11 Å². The Labute approximate surface area is 84.2 Å². The maximum absolute atomic E-state index is 9.43. The number of hydrogen-bond acceptors (Lipinski definition) is 2. The minimum atomic E-state index is 0.290. The molecule has 2 atom stereocenters. The molecular formula is C12H15NO. The quantitative estimate of drug-likeness (QED) is 0.727. The molecule has 0 bridgehead atoms. The highest BCUT2D eigenvalue weighted by atomic mass is 16.3. The first-order valence-electron chi connectivity index (χ1n) is 5.38.